The topological polar surface area (TPSA) is 213 Å². The number of aromatic nitrogens is 1. The molecular weight excluding hydrogens is 657 g/mol. The summed E-state index contributed by atoms with van der Waals surface area (Å²) in [5.74, 6) is -4.05. The number of nitrogens with two attached hydrogens (primary N) is 1. The second kappa shape index (κ2) is 17.1. The lowest BCUT2D eigenvalue weighted by Crippen LogP contribution is -2.63. The number of aromatic amines is 1. The van der Waals surface area contributed by atoms with E-state index in [1.54, 1.807) is 43.5 Å². The Kier molecular flexibility index (Phi) is 12.9. The third-order valence-electron chi connectivity index (χ3n) is 7.91. The quantitative estimate of drug-likeness (QED) is 0.146. The maximum absolute atomic E-state index is 14.0. The Hall–Kier alpha value is -4.50. The van der Waals surface area contributed by atoms with Crippen LogP contribution in [0.4, 0.5) is 0 Å². The molecule has 2 aromatic carbocycles. The predicted octanol–water partition coefficient (Wildman–Crippen LogP) is 1.81. The number of hydrogen-bond acceptors (Lipinski definition) is 8. The second-order valence-corrected chi connectivity index (χ2v) is 14.4. The molecule has 4 atom stereocenters. The minimum Gasteiger partial charge on any atom is -0.481 e. The Bertz CT molecular complexity index is 1630. The molecule has 4 rings (SSSR count). The van der Waals surface area contributed by atoms with Crippen molar-refractivity contribution < 1.29 is 33.9 Å². The summed E-state index contributed by atoms with van der Waals surface area (Å²) in [5, 5.41) is 21.0. The van der Waals surface area contributed by atoms with E-state index in [1.165, 1.54) is 21.6 Å². The summed E-state index contributed by atoms with van der Waals surface area (Å²) in [6.45, 7) is 1.59. The van der Waals surface area contributed by atoms with Gasteiger partial charge in [0.25, 0.3) is 0 Å². The number of para-hydroxylation sites is 1. The first-order valence-electron chi connectivity index (χ1n) is 15.5. The molecule has 48 heavy (non-hydrogen) atoms. The molecule has 15 heteroatoms. The van der Waals surface area contributed by atoms with E-state index in [2.05, 4.69) is 26.3 Å². The highest BCUT2D eigenvalue weighted by atomic mass is 33.1. The summed E-state index contributed by atoms with van der Waals surface area (Å²) < 4.78 is 0. The molecule has 0 aliphatic carbocycles. The number of nitrogens with one attached hydrogen (secondary N) is 5. The Labute approximate surface area is 285 Å². The molecule has 0 unspecified atom stereocenters. The predicted molar refractivity (Wildman–Crippen MR) is 185 cm³/mol. The van der Waals surface area contributed by atoms with Crippen molar-refractivity contribution in [1.82, 2.24) is 26.3 Å². The van der Waals surface area contributed by atoms with Crippen molar-refractivity contribution in [2.75, 3.05) is 11.5 Å². The summed E-state index contributed by atoms with van der Waals surface area (Å²) in [4.78, 5) is 81.1. The van der Waals surface area contributed by atoms with Gasteiger partial charge in [0.2, 0.25) is 29.5 Å². The average molecular weight is 697 g/mol. The van der Waals surface area contributed by atoms with Gasteiger partial charge in [-0.1, -0.05) is 70.1 Å². The van der Waals surface area contributed by atoms with Crippen LogP contribution in [0.3, 0.4) is 0 Å². The summed E-state index contributed by atoms with van der Waals surface area (Å²) >= 11 is 0. The van der Waals surface area contributed by atoms with Gasteiger partial charge in [-0.05, 0) is 37.0 Å². The van der Waals surface area contributed by atoms with Crippen LogP contribution in [-0.4, -0.2) is 80.8 Å². The molecule has 1 saturated heterocycles. The largest absolute Gasteiger partial charge is 0.481 e. The smallest absolute Gasteiger partial charge is 0.305 e. The fraction of sp³-hybridized carbons (Fsp3) is 0.394. The Morgan fingerprint density at radius 2 is 1.73 bits per heavy atom. The molecule has 3 aromatic rings. The number of amides is 5. The molecule has 13 nitrogen and oxygen atoms in total. The number of primary amides is 1. The average Bonchev–Trinajstić information content (AvgIpc) is 3.45. The number of carboxylic acids is 1. The number of fused-ring (bicyclic) bond motifs is 1. The Balaban J connectivity index is 1.55. The fourth-order valence-corrected chi connectivity index (χ4v) is 7.64. The molecule has 2 heterocycles. The normalized spacial score (nSPS) is 20.5. The van der Waals surface area contributed by atoms with Gasteiger partial charge in [-0.2, -0.15) is 0 Å². The number of hydrogen-bond donors (Lipinski definition) is 7. The van der Waals surface area contributed by atoms with Crippen molar-refractivity contribution in [1.29, 1.82) is 0 Å². The molecule has 0 spiro atoms. The standard InChI is InChI=1S/C33H40N6O7S2/c1-33(17-21-18-35-23-12-6-5-11-22(21)23)32(46)38-26(19-48-47-14-8-7-13-27(40)39-33)31(45)37-25(16-28(41)42)30(44)36-24(29(34)43)15-20-9-3-2-4-10-20/h2-6,9-12,18,24-26,35H,7-8,13-17,19H2,1H3,(H2,34,43)(H,36,44)(H,37,45)(H,38,46)(H,39,40)(H,41,42)/t24-,25-,26-,33+/m0/s1. The minimum atomic E-state index is -1.58. The summed E-state index contributed by atoms with van der Waals surface area (Å²) in [6, 6.07) is 12.4. The molecular formula is C33H40N6O7S2. The van der Waals surface area contributed by atoms with E-state index in [9.17, 15) is 33.9 Å². The van der Waals surface area contributed by atoms with Crippen LogP contribution >= 0.6 is 21.6 Å². The molecule has 1 aliphatic rings. The van der Waals surface area contributed by atoms with Gasteiger partial charge >= 0.3 is 5.97 Å². The second-order valence-electron chi connectivity index (χ2n) is 11.8. The minimum absolute atomic E-state index is 0.0585. The lowest BCUT2D eigenvalue weighted by molar-refractivity contribution is -0.141. The molecule has 0 bridgehead atoms. The van der Waals surface area contributed by atoms with Gasteiger partial charge in [-0.15, -0.1) is 0 Å². The highest BCUT2D eigenvalue weighted by Crippen LogP contribution is 2.26. The van der Waals surface area contributed by atoms with Crippen LogP contribution in [-0.2, 0) is 41.6 Å². The zero-order valence-electron chi connectivity index (χ0n) is 26.5. The number of H-pyrrole nitrogens is 1. The fourth-order valence-electron chi connectivity index (χ4n) is 5.33. The van der Waals surface area contributed by atoms with Gasteiger partial charge in [0.15, 0.2) is 0 Å². The SMILES string of the molecule is C[C@]1(Cc2c[nH]c3ccccc23)NC(=O)CCCCSSC[C@@H](C(=O)N[C@@H](CC(=O)O)C(=O)N[C@@H](Cc2ccccc2)C(N)=O)NC1=O. The number of aliphatic carboxylic acids is 1. The molecule has 5 amide bonds. The number of carbonyl (C=O) groups excluding carboxylic acids is 5. The maximum atomic E-state index is 14.0. The van der Waals surface area contributed by atoms with Gasteiger partial charge in [0.1, 0.15) is 23.7 Å². The van der Waals surface area contributed by atoms with Crippen molar-refractivity contribution in [2.45, 2.75) is 69.1 Å². The first-order chi connectivity index (χ1) is 22.9. The van der Waals surface area contributed by atoms with E-state index in [0.29, 0.717) is 17.7 Å². The number of carbonyl (C=O) groups is 6. The van der Waals surface area contributed by atoms with E-state index < -0.39 is 59.7 Å². The summed E-state index contributed by atoms with van der Waals surface area (Å²) in [7, 11) is 2.82. The molecule has 1 fully saturated rings. The van der Waals surface area contributed by atoms with Crippen LogP contribution in [0.25, 0.3) is 10.9 Å². The third kappa shape index (κ3) is 10.2. The monoisotopic (exact) mass is 696 g/mol. The van der Waals surface area contributed by atoms with Crippen molar-refractivity contribution in [3.8, 4) is 0 Å². The van der Waals surface area contributed by atoms with E-state index >= 15 is 0 Å². The van der Waals surface area contributed by atoms with E-state index in [-0.39, 0.29) is 30.9 Å². The van der Waals surface area contributed by atoms with Crippen LogP contribution in [0.5, 0.6) is 0 Å². The maximum Gasteiger partial charge on any atom is 0.305 e. The lowest BCUT2D eigenvalue weighted by atomic mass is 9.90. The van der Waals surface area contributed by atoms with Crippen LogP contribution < -0.4 is 27.0 Å². The Morgan fingerprint density at radius 1 is 1.00 bits per heavy atom. The van der Waals surface area contributed by atoms with Gasteiger partial charge in [-0.25, -0.2) is 0 Å². The lowest BCUT2D eigenvalue weighted by Gasteiger charge is -2.32. The summed E-state index contributed by atoms with van der Waals surface area (Å²) in [6.07, 6.45) is 2.76. The van der Waals surface area contributed by atoms with Crippen LogP contribution in [0.15, 0.2) is 60.8 Å². The van der Waals surface area contributed by atoms with Crippen LogP contribution in [0.1, 0.15) is 43.7 Å². The molecule has 0 radical (unpaired) electrons. The van der Waals surface area contributed by atoms with Crippen molar-refractivity contribution in [3.63, 3.8) is 0 Å². The third-order valence-corrected chi connectivity index (χ3v) is 10.4. The molecule has 8 N–H and O–H groups in total. The Morgan fingerprint density at radius 3 is 2.46 bits per heavy atom. The van der Waals surface area contributed by atoms with Crippen molar-refractivity contribution in [3.05, 3.63) is 71.9 Å². The molecule has 0 saturated carbocycles. The van der Waals surface area contributed by atoms with Gasteiger partial charge in [0, 0.05) is 47.9 Å². The van der Waals surface area contributed by atoms with Crippen LogP contribution in [0, 0.1) is 0 Å². The first kappa shape index (κ1) is 36.3. The molecule has 1 aliphatic heterocycles. The number of rotatable bonds is 11. The van der Waals surface area contributed by atoms with Crippen molar-refractivity contribution >= 4 is 68.0 Å². The van der Waals surface area contributed by atoms with Gasteiger partial charge in [-0.3, -0.25) is 28.8 Å². The van der Waals surface area contributed by atoms with E-state index in [0.717, 1.165) is 22.9 Å². The molecule has 256 valence electrons. The molecule has 1 aromatic heterocycles. The number of carboxylic acid groups (broad SMARTS) is 1. The highest BCUT2D eigenvalue weighted by Gasteiger charge is 2.39. The van der Waals surface area contributed by atoms with Crippen molar-refractivity contribution in [2.24, 2.45) is 5.73 Å². The summed E-state index contributed by atoms with van der Waals surface area (Å²) in [5.41, 5.74) is 6.44. The van der Waals surface area contributed by atoms with Gasteiger partial charge < -0.3 is 37.1 Å². The van der Waals surface area contributed by atoms with E-state index in [1.807, 2.05) is 24.3 Å². The zero-order valence-corrected chi connectivity index (χ0v) is 28.1. The van der Waals surface area contributed by atoms with Gasteiger partial charge in [0.05, 0.1) is 6.42 Å². The number of benzene rings is 2. The zero-order chi connectivity index (χ0) is 34.7. The van der Waals surface area contributed by atoms with E-state index in [4.69, 9.17) is 5.73 Å². The first-order valence-corrected chi connectivity index (χ1v) is 18.0. The van der Waals surface area contributed by atoms with Crippen LogP contribution in [0.2, 0.25) is 0 Å². The highest BCUT2D eigenvalue weighted by molar-refractivity contribution is 8.76.